The summed E-state index contributed by atoms with van der Waals surface area (Å²) in [4.78, 5) is 22.6. The molecule has 0 radical (unpaired) electrons. The number of hydrogen-bond acceptors (Lipinski definition) is 5. The molecule has 6 heteroatoms. The standard InChI is InChI=1S/C9H16N2O4/c1-6(9(13)14-2)11-8(12)7-5-15-4-3-10-7/h6-7,10H,3-5H2,1-2H3,(H,11,12). The Morgan fingerprint density at radius 3 is 2.87 bits per heavy atom. The highest BCUT2D eigenvalue weighted by Crippen LogP contribution is 1.95. The van der Waals surface area contributed by atoms with Crippen molar-refractivity contribution in [3.63, 3.8) is 0 Å². The summed E-state index contributed by atoms with van der Waals surface area (Å²) in [7, 11) is 1.28. The lowest BCUT2D eigenvalue weighted by Crippen LogP contribution is -2.54. The first-order chi connectivity index (χ1) is 7.15. The van der Waals surface area contributed by atoms with E-state index in [1.54, 1.807) is 6.92 Å². The van der Waals surface area contributed by atoms with Crippen molar-refractivity contribution < 1.29 is 19.1 Å². The molecule has 15 heavy (non-hydrogen) atoms. The minimum Gasteiger partial charge on any atom is -0.467 e. The molecule has 1 saturated heterocycles. The Balaban J connectivity index is 2.36. The second-order valence-electron chi connectivity index (χ2n) is 3.34. The SMILES string of the molecule is COC(=O)C(C)NC(=O)C1COCCN1. The summed E-state index contributed by atoms with van der Waals surface area (Å²) >= 11 is 0. The summed E-state index contributed by atoms with van der Waals surface area (Å²) in [5.41, 5.74) is 0. The molecular formula is C9H16N2O4. The molecule has 2 unspecified atom stereocenters. The molecule has 1 aliphatic heterocycles. The van der Waals surface area contributed by atoms with Gasteiger partial charge in [-0.1, -0.05) is 0 Å². The van der Waals surface area contributed by atoms with E-state index in [2.05, 4.69) is 15.4 Å². The Morgan fingerprint density at radius 2 is 2.33 bits per heavy atom. The topological polar surface area (TPSA) is 76.7 Å². The molecule has 86 valence electrons. The van der Waals surface area contributed by atoms with Crippen LogP contribution >= 0.6 is 0 Å². The number of esters is 1. The summed E-state index contributed by atoms with van der Waals surface area (Å²) in [5, 5.41) is 5.54. The minimum atomic E-state index is -0.633. The maximum atomic E-state index is 11.6. The van der Waals surface area contributed by atoms with Crippen molar-refractivity contribution in [2.45, 2.75) is 19.0 Å². The van der Waals surface area contributed by atoms with Crippen LogP contribution in [0.5, 0.6) is 0 Å². The number of ether oxygens (including phenoxy) is 2. The summed E-state index contributed by atoms with van der Waals surface area (Å²) in [6.07, 6.45) is 0. The van der Waals surface area contributed by atoms with Crippen molar-refractivity contribution in [1.29, 1.82) is 0 Å². The largest absolute Gasteiger partial charge is 0.467 e. The average molecular weight is 216 g/mol. The number of carbonyl (C=O) groups excluding carboxylic acids is 2. The average Bonchev–Trinajstić information content (AvgIpc) is 2.29. The lowest BCUT2D eigenvalue weighted by atomic mass is 10.2. The van der Waals surface area contributed by atoms with Crippen molar-refractivity contribution in [3.8, 4) is 0 Å². The van der Waals surface area contributed by atoms with E-state index in [-0.39, 0.29) is 11.9 Å². The van der Waals surface area contributed by atoms with Crippen molar-refractivity contribution in [3.05, 3.63) is 0 Å². The molecule has 1 amide bonds. The van der Waals surface area contributed by atoms with Crippen LogP contribution < -0.4 is 10.6 Å². The number of rotatable bonds is 3. The molecule has 0 aromatic rings. The number of amides is 1. The lowest BCUT2D eigenvalue weighted by Gasteiger charge is -2.24. The third-order valence-electron chi connectivity index (χ3n) is 2.15. The van der Waals surface area contributed by atoms with Crippen molar-refractivity contribution in [2.75, 3.05) is 26.9 Å². The zero-order chi connectivity index (χ0) is 11.3. The molecular weight excluding hydrogens is 200 g/mol. The molecule has 1 heterocycles. The van der Waals surface area contributed by atoms with E-state index in [4.69, 9.17) is 4.74 Å². The zero-order valence-corrected chi connectivity index (χ0v) is 8.91. The van der Waals surface area contributed by atoms with Gasteiger partial charge >= 0.3 is 5.97 Å². The van der Waals surface area contributed by atoms with Gasteiger partial charge < -0.3 is 20.1 Å². The Bertz CT molecular complexity index is 238. The van der Waals surface area contributed by atoms with Crippen LogP contribution in [0.15, 0.2) is 0 Å². The molecule has 1 fully saturated rings. The van der Waals surface area contributed by atoms with E-state index in [1.165, 1.54) is 7.11 Å². The molecule has 0 spiro atoms. The lowest BCUT2D eigenvalue weighted by molar-refractivity contribution is -0.145. The zero-order valence-electron chi connectivity index (χ0n) is 8.91. The van der Waals surface area contributed by atoms with Gasteiger partial charge in [-0.05, 0) is 6.92 Å². The molecule has 0 aliphatic carbocycles. The van der Waals surface area contributed by atoms with Gasteiger partial charge in [0, 0.05) is 6.54 Å². The summed E-state index contributed by atoms with van der Waals surface area (Å²) in [6.45, 7) is 3.16. The van der Waals surface area contributed by atoms with Gasteiger partial charge in [0.25, 0.3) is 0 Å². The first-order valence-electron chi connectivity index (χ1n) is 4.84. The van der Waals surface area contributed by atoms with Gasteiger partial charge in [0.2, 0.25) is 5.91 Å². The quantitative estimate of drug-likeness (QED) is 0.571. The smallest absolute Gasteiger partial charge is 0.328 e. The van der Waals surface area contributed by atoms with E-state index in [1.807, 2.05) is 0 Å². The molecule has 2 atom stereocenters. The normalized spacial score (nSPS) is 22.9. The molecule has 0 bridgehead atoms. The van der Waals surface area contributed by atoms with Gasteiger partial charge in [0.1, 0.15) is 12.1 Å². The van der Waals surface area contributed by atoms with Crippen LogP contribution in [0.25, 0.3) is 0 Å². The summed E-state index contributed by atoms with van der Waals surface area (Å²) in [5.74, 6) is -0.701. The van der Waals surface area contributed by atoms with E-state index in [0.29, 0.717) is 19.8 Å². The Hall–Kier alpha value is -1.14. The van der Waals surface area contributed by atoms with Gasteiger partial charge in [-0.15, -0.1) is 0 Å². The predicted octanol–water partition coefficient (Wildman–Crippen LogP) is -1.35. The van der Waals surface area contributed by atoms with Gasteiger partial charge in [-0.25, -0.2) is 4.79 Å². The van der Waals surface area contributed by atoms with Crippen LogP contribution in [0.2, 0.25) is 0 Å². The first-order valence-corrected chi connectivity index (χ1v) is 4.84. The Labute approximate surface area is 88.3 Å². The number of morpholine rings is 1. The maximum absolute atomic E-state index is 11.6. The maximum Gasteiger partial charge on any atom is 0.328 e. The molecule has 0 aromatic carbocycles. The molecule has 0 saturated carbocycles. The first kappa shape index (κ1) is 11.9. The molecule has 1 rings (SSSR count). The number of hydrogen-bond donors (Lipinski definition) is 2. The van der Waals surface area contributed by atoms with Crippen molar-refractivity contribution in [2.24, 2.45) is 0 Å². The highest BCUT2D eigenvalue weighted by atomic mass is 16.5. The highest BCUT2D eigenvalue weighted by molar-refractivity contribution is 5.87. The van der Waals surface area contributed by atoms with Gasteiger partial charge in [0.15, 0.2) is 0 Å². The highest BCUT2D eigenvalue weighted by Gasteiger charge is 2.24. The molecule has 2 N–H and O–H groups in total. The van der Waals surface area contributed by atoms with Crippen LogP contribution in [0.3, 0.4) is 0 Å². The van der Waals surface area contributed by atoms with Crippen molar-refractivity contribution in [1.82, 2.24) is 10.6 Å². The number of carbonyl (C=O) groups is 2. The summed E-state index contributed by atoms with van der Waals surface area (Å²) in [6, 6.07) is -1.02. The second-order valence-corrected chi connectivity index (χ2v) is 3.34. The third-order valence-corrected chi connectivity index (χ3v) is 2.15. The molecule has 6 nitrogen and oxygen atoms in total. The van der Waals surface area contributed by atoms with E-state index < -0.39 is 12.0 Å². The van der Waals surface area contributed by atoms with Crippen molar-refractivity contribution >= 4 is 11.9 Å². The van der Waals surface area contributed by atoms with E-state index >= 15 is 0 Å². The fraction of sp³-hybridized carbons (Fsp3) is 0.778. The van der Waals surface area contributed by atoms with Crippen LogP contribution in [0.1, 0.15) is 6.92 Å². The molecule has 1 aliphatic rings. The second kappa shape index (κ2) is 5.67. The van der Waals surface area contributed by atoms with Crippen LogP contribution in [0.4, 0.5) is 0 Å². The van der Waals surface area contributed by atoms with Gasteiger partial charge in [0.05, 0.1) is 20.3 Å². The number of methoxy groups -OCH3 is 1. The predicted molar refractivity (Wildman–Crippen MR) is 52.2 cm³/mol. The number of nitrogens with one attached hydrogen (secondary N) is 2. The fourth-order valence-corrected chi connectivity index (χ4v) is 1.28. The van der Waals surface area contributed by atoms with Crippen LogP contribution in [0, 0.1) is 0 Å². The van der Waals surface area contributed by atoms with Crippen LogP contribution in [-0.4, -0.2) is 50.8 Å². The monoisotopic (exact) mass is 216 g/mol. The van der Waals surface area contributed by atoms with Gasteiger partial charge in [-0.2, -0.15) is 0 Å². The van der Waals surface area contributed by atoms with Crippen LogP contribution in [-0.2, 0) is 19.1 Å². The summed E-state index contributed by atoms with van der Waals surface area (Å²) < 4.78 is 9.63. The van der Waals surface area contributed by atoms with E-state index in [9.17, 15) is 9.59 Å². The minimum absolute atomic E-state index is 0.243. The molecule has 0 aromatic heterocycles. The van der Waals surface area contributed by atoms with E-state index in [0.717, 1.165) is 0 Å². The Morgan fingerprint density at radius 1 is 1.60 bits per heavy atom. The van der Waals surface area contributed by atoms with Gasteiger partial charge in [-0.3, -0.25) is 4.79 Å². The fourth-order valence-electron chi connectivity index (χ4n) is 1.28. The third kappa shape index (κ3) is 3.49. The Kier molecular flexibility index (Phi) is 4.51.